The first-order valence-corrected chi connectivity index (χ1v) is 5.97. The Kier molecular flexibility index (Phi) is 3.93. The lowest BCUT2D eigenvalue weighted by Gasteiger charge is -2.16. The Bertz CT molecular complexity index is 612. The summed E-state index contributed by atoms with van der Waals surface area (Å²) in [6.07, 6.45) is 4.17. The van der Waals surface area contributed by atoms with E-state index in [2.05, 4.69) is 10.3 Å². The van der Waals surface area contributed by atoms with Gasteiger partial charge >= 0.3 is 0 Å². The first-order valence-electron chi connectivity index (χ1n) is 5.97. The van der Waals surface area contributed by atoms with Gasteiger partial charge in [-0.3, -0.25) is 0 Å². The molecular formula is C14H15FN4. The molecule has 1 heterocycles. The van der Waals surface area contributed by atoms with Crippen molar-refractivity contribution in [2.24, 2.45) is 7.05 Å². The van der Waals surface area contributed by atoms with E-state index < -0.39 is 5.82 Å². The highest BCUT2D eigenvalue weighted by Crippen LogP contribution is 2.19. The SMILES string of the molecule is CNC(Cc1ccc(C#N)c(F)c1)c1cncn1C. The van der Waals surface area contributed by atoms with Gasteiger partial charge in [-0.1, -0.05) is 6.07 Å². The van der Waals surface area contributed by atoms with E-state index >= 15 is 0 Å². The molecule has 1 N–H and O–H groups in total. The summed E-state index contributed by atoms with van der Waals surface area (Å²) in [5, 5.41) is 11.9. The van der Waals surface area contributed by atoms with E-state index in [1.165, 1.54) is 12.1 Å². The lowest BCUT2D eigenvalue weighted by molar-refractivity contribution is 0.551. The van der Waals surface area contributed by atoms with E-state index in [4.69, 9.17) is 5.26 Å². The number of halogens is 1. The number of nitrogens with one attached hydrogen (secondary N) is 1. The van der Waals surface area contributed by atoms with E-state index in [1.807, 2.05) is 24.7 Å². The van der Waals surface area contributed by atoms with E-state index in [1.54, 1.807) is 18.6 Å². The molecule has 0 fully saturated rings. The molecule has 0 aliphatic rings. The van der Waals surface area contributed by atoms with Crippen LogP contribution in [0.25, 0.3) is 0 Å². The topological polar surface area (TPSA) is 53.6 Å². The van der Waals surface area contributed by atoms with Gasteiger partial charge in [-0.15, -0.1) is 0 Å². The Hall–Kier alpha value is -2.19. The highest BCUT2D eigenvalue weighted by Gasteiger charge is 2.14. The Balaban J connectivity index is 2.22. The van der Waals surface area contributed by atoms with E-state index in [9.17, 15) is 4.39 Å². The van der Waals surface area contributed by atoms with Crippen molar-refractivity contribution in [3.8, 4) is 6.07 Å². The van der Waals surface area contributed by atoms with Crippen molar-refractivity contribution in [3.63, 3.8) is 0 Å². The van der Waals surface area contributed by atoms with Gasteiger partial charge in [-0.25, -0.2) is 9.37 Å². The number of nitriles is 1. The molecule has 0 saturated carbocycles. The summed E-state index contributed by atoms with van der Waals surface area (Å²) >= 11 is 0. The predicted molar refractivity (Wildman–Crippen MR) is 69.8 cm³/mol. The zero-order chi connectivity index (χ0) is 13.8. The summed E-state index contributed by atoms with van der Waals surface area (Å²) in [6, 6.07) is 6.59. The van der Waals surface area contributed by atoms with Crippen molar-refractivity contribution in [1.29, 1.82) is 5.26 Å². The lowest BCUT2D eigenvalue weighted by Crippen LogP contribution is -2.21. The van der Waals surface area contributed by atoms with Crippen LogP contribution in [0.15, 0.2) is 30.7 Å². The van der Waals surface area contributed by atoms with Gasteiger partial charge in [-0.05, 0) is 31.2 Å². The summed E-state index contributed by atoms with van der Waals surface area (Å²) < 4.78 is 15.5. The average Bonchev–Trinajstić information content (AvgIpc) is 2.82. The molecule has 0 aliphatic carbocycles. The molecule has 98 valence electrons. The van der Waals surface area contributed by atoms with Crippen LogP contribution in [0.1, 0.15) is 22.9 Å². The van der Waals surface area contributed by atoms with Crippen molar-refractivity contribution in [1.82, 2.24) is 14.9 Å². The molecule has 5 heteroatoms. The third-order valence-electron chi connectivity index (χ3n) is 3.15. The molecular weight excluding hydrogens is 243 g/mol. The van der Waals surface area contributed by atoms with Gasteiger partial charge in [0.25, 0.3) is 0 Å². The fourth-order valence-corrected chi connectivity index (χ4v) is 2.07. The molecule has 0 spiro atoms. The number of nitrogens with zero attached hydrogens (tertiary/aromatic N) is 3. The lowest BCUT2D eigenvalue weighted by atomic mass is 10.0. The number of hydrogen-bond donors (Lipinski definition) is 1. The van der Waals surface area contributed by atoms with Crippen LogP contribution in [0.5, 0.6) is 0 Å². The van der Waals surface area contributed by atoms with Crippen LogP contribution in [0, 0.1) is 17.1 Å². The fraction of sp³-hybridized carbons (Fsp3) is 0.286. The number of rotatable bonds is 4. The van der Waals surface area contributed by atoms with Gasteiger partial charge < -0.3 is 9.88 Å². The minimum Gasteiger partial charge on any atom is -0.336 e. The number of aryl methyl sites for hydroxylation is 1. The first kappa shape index (κ1) is 13.2. The second-order valence-corrected chi connectivity index (χ2v) is 4.40. The molecule has 0 amide bonds. The van der Waals surface area contributed by atoms with Crippen molar-refractivity contribution < 1.29 is 4.39 Å². The second-order valence-electron chi connectivity index (χ2n) is 4.40. The van der Waals surface area contributed by atoms with Crippen molar-refractivity contribution in [3.05, 3.63) is 53.4 Å². The van der Waals surface area contributed by atoms with Crippen molar-refractivity contribution in [2.75, 3.05) is 7.05 Å². The van der Waals surface area contributed by atoms with Gasteiger partial charge in [0.1, 0.15) is 11.9 Å². The van der Waals surface area contributed by atoms with Crippen molar-refractivity contribution in [2.45, 2.75) is 12.5 Å². The average molecular weight is 258 g/mol. The highest BCUT2D eigenvalue weighted by molar-refractivity contribution is 5.34. The second kappa shape index (κ2) is 5.63. The van der Waals surface area contributed by atoms with Crippen molar-refractivity contribution >= 4 is 0 Å². The van der Waals surface area contributed by atoms with Crippen LogP contribution >= 0.6 is 0 Å². The maximum absolute atomic E-state index is 13.6. The normalized spacial score (nSPS) is 12.1. The van der Waals surface area contributed by atoms with Crippen LogP contribution < -0.4 is 5.32 Å². The zero-order valence-electron chi connectivity index (χ0n) is 10.9. The Labute approximate surface area is 111 Å². The van der Waals surface area contributed by atoms with Gasteiger partial charge in [0.05, 0.1) is 23.6 Å². The molecule has 1 atom stereocenters. The van der Waals surface area contributed by atoms with Crippen LogP contribution in [0.3, 0.4) is 0 Å². The third kappa shape index (κ3) is 2.80. The van der Waals surface area contributed by atoms with Crippen LogP contribution in [0.4, 0.5) is 4.39 Å². The minimum atomic E-state index is -0.472. The molecule has 0 aliphatic heterocycles. The summed E-state index contributed by atoms with van der Waals surface area (Å²) in [4.78, 5) is 4.08. The van der Waals surface area contributed by atoms with Gasteiger partial charge in [0.15, 0.2) is 0 Å². The van der Waals surface area contributed by atoms with Gasteiger partial charge in [-0.2, -0.15) is 5.26 Å². The highest BCUT2D eigenvalue weighted by atomic mass is 19.1. The number of benzene rings is 1. The Morgan fingerprint density at radius 1 is 1.53 bits per heavy atom. The third-order valence-corrected chi connectivity index (χ3v) is 3.15. The van der Waals surface area contributed by atoms with Crippen LogP contribution in [-0.4, -0.2) is 16.6 Å². The smallest absolute Gasteiger partial charge is 0.141 e. The fourth-order valence-electron chi connectivity index (χ4n) is 2.07. The van der Waals surface area contributed by atoms with Gasteiger partial charge in [0, 0.05) is 13.2 Å². The summed E-state index contributed by atoms with van der Waals surface area (Å²) in [7, 11) is 3.78. The summed E-state index contributed by atoms with van der Waals surface area (Å²) in [5.41, 5.74) is 1.95. The molecule has 0 radical (unpaired) electrons. The summed E-state index contributed by atoms with van der Waals surface area (Å²) in [6.45, 7) is 0. The number of likely N-dealkylation sites (N-methyl/N-ethyl adjacent to an activating group) is 1. The Morgan fingerprint density at radius 3 is 2.84 bits per heavy atom. The maximum atomic E-state index is 13.6. The number of aromatic nitrogens is 2. The standard InChI is InChI=1S/C14H15FN4/c1-17-13(14-8-18-9-19(14)2)6-10-3-4-11(7-16)12(15)5-10/h3-5,8-9,13,17H,6H2,1-2H3. The van der Waals surface area contributed by atoms with E-state index in [-0.39, 0.29) is 11.6 Å². The summed E-state index contributed by atoms with van der Waals surface area (Å²) in [5.74, 6) is -0.472. The number of imidazole rings is 1. The molecule has 2 rings (SSSR count). The number of hydrogen-bond acceptors (Lipinski definition) is 3. The largest absolute Gasteiger partial charge is 0.336 e. The minimum absolute atomic E-state index is 0.0554. The van der Waals surface area contributed by atoms with Crippen LogP contribution in [0.2, 0.25) is 0 Å². The molecule has 1 unspecified atom stereocenters. The quantitative estimate of drug-likeness (QED) is 0.911. The molecule has 19 heavy (non-hydrogen) atoms. The molecule has 0 saturated heterocycles. The molecule has 2 aromatic rings. The van der Waals surface area contributed by atoms with Gasteiger partial charge in [0.2, 0.25) is 0 Å². The molecule has 1 aromatic heterocycles. The van der Waals surface area contributed by atoms with E-state index in [0.29, 0.717) is 6.42 Å². The molecule has 0 bridgehead atoms. The first-order chi connectivity index (χ1) is 9.15. The van der Waals surface area contributed by atoms with E-state index in [0.717, 1.165) is 11.3 Å². The zero-order valence-corrected chi connectivity index (χ0v) is 10.9. The maximum Gasteiger partial charge on any atom is 0.141 e. The predicted octanol–water partition coefficient (Wildman–Crippen LogP) is 1.93. The Morgan fingerprint density at radius 2 is 2.32 bits per heavy atom. The monoisotopic (exact) mass is 258 g/mol. The molecule has 4 nitrogen and oxygen atoms in total. The van der Waals surface area contributed by atoms with Crippen LogP contribution in [-0.2, 0) is 13.5 Å². The molecule has 1 aromatic carbocycles.